The van der Waals surface area contributed by atoms with E-state index in [4.69, 9.17) is 4.74 Å². The molecule has 0 aromatic heterocycles. The summed E-state index contributed by atoms with van der Waals surface area (Å²) >= 11 is 0. The van der Waals surface area contributed by atoms with E-state index in [-0.39, 0.29) is 10.6 Å². The van der Waals surface area contributed by atoms with Gasteiger partial charge in [-0.05, 0) is 43.3 Å². The molecule has 0 saturated carbocycles. The molecule has 3 aromatic carbocycles. The Morgan fingerprint density at radius 2 is 1.77 bits per heavy atom. The highest BCUT2D eigenvalue weighted by atomic mass is 32.2. The Morgan fingerprint density at radius 3 is 2.57 bits per heavy atom. The maximum atomic E-state index is 13.9. The highest BCUT2D eigenvalue weighted by Crippen LogP contribution is 2.43. The maximum absolute atomic E-state index is 13.9. The standard InChI is InChI=1S/C22H19FN2O4S/c1-2-29-20-9-5-4-8-18(20)24-22(26)14-25-19-12-11-15(23)13-17(19)16-7-3-6-10-21(16)30(25,27)28/h3-13H,2,14H2,1H3,(H,24,26). The smallest absolute Gasteiger partial charge is 0.265 e. The quantitative estimate of drug-likeness (QED) is 0.668. The van der Waals surface area contributed by atoms with E-state index in [9.17, 15) is 17.6 Å². The average molecular weight is 426 g/mol. The lowest BCUT2D eigenvalue weighted by atomic mass is 10.0. The predicted molar refractivity (Wildman–Crippen MR) is 113 cm³/mol. The van der Waals surface area contributed by atoms with Crippen molar-refractivity contribution in [3.8, 4) is 16.9 Å². The Hall–Kier alpha value is -3.39. The number of carbonyl (C=O) groups excluding carboxylic acids is 1. The van der Waals surface area contributed by atoms with E-state index in [2.05, 4.69) is 5.32 Å². The van der Waals surface area contributed by atoms with Gasteiger partial charge in [0.05, 0.1) is 22.9 Å². The number of halogens is 1. The van der Waals surface area contributed by atoms with Crippen LogP contribution in [0.15, 0.2) is 71.6 Å². The van der Waals surface area contributed by atoms with Crippen molar-refractivity contribution in [1.82, 2.24) is 0 Å². The van der Waals surface area contributed by atoms with Gasteiger partial charge in [0, 0.05) is 11.1 Å². The molecule has 4 rings (SSSR count). The van der Waals surface area contributed by atoms with Crippen molar-refractivity contribution in [2.45, 2.75) is 11.8 Å². The van der Waals surface area contributed by atoms with E-state index >= 15 is 0 Å². The largest absolute Gasteiger partial charge is 0.492 e. The zero-order valence-corrected chi connectivity index (χ0v) is 16.9. The molecule has 3 aromatic rings. The van der Waals surface area contributed by atoms with Crippen LogP contribution >= 0.6 is 0 Å². The molecule has 0 radical (unpaired) electrons. The minimum Gasteiger partial charge on any atom is -0.492 e. The van der Waals surface area contributed by atoms with Gasteiger partial charge in [0.25, 0.3) is 10.0 Å². The zero-order valence-electron chi connectivity index (χ0n) is 16.1. The minimum absolute atomic E-state index is 0.0330. The van der Waals surface area contributed by atoms with Crippen LogP contribution in [0, 0.1) is 5.82 Å². The second kappa shape index (κ2) is 7.79. The van der Waals surface area contributed by atoms with Gasteiger partial charge in [-0.1, -0.05) is 30.3 Å². The number of sulfonamides is 1. The Labute approximate surface area is 174 Å². The molecule has 1 aliphatic heterocycles. The number of anilines is 2. The first-order valence-electron chi connectivity index (χ1n) is 9.35. The SMILES string of the molecule is CCOc1ccccc1NC(=O)CN1c2ccc(F)cc2-c2ccccc2S1(=O)=O. The minimum atomic E-state index is -4.00. The van der Waals surface area contributed by atoms with Gasteiger partial charge in [-0.25, -0.2) is 12.8 Å². The van der Waals surface area contributed by atoms with E-state index in [1.165, 1.54) is 24.3 Å². The van der Waals surface area contributed by atoms with Gasteiger partial charge in [-0.15, -0.1) is 0 Å². The van der Waals surface area contributed by atoms with Crippen molar-refractivity contribution in [2.75, 3.05) is 22.8 Å². The number of fused-ring (bicyclic) bond motifs is 3. The average Bonchev–Trinajstić information content (AvgIpc) is 2.73. The van der Waals surface area contributed by atoms with Crippen LogP contribution in [0.25, 0.3) is 11.1 Å². The second-order valence-electron chi connectivity index (χ2n) is 6.65. The van der Waals surface area contributed by atoms with Crippen LogP contribution in [0.5, 0.6) is 5.75 Å². The van der Waals surface area contributed by atoms with E-state index < -0.39 is 28.3 Å². The summed E-state index contributed by atoms with van der Waals surface area (Å²) in [5, 5.41) is 2.70. The molecule has 0 bridgehead atoms. The molecule has 30 heavy (non-hydrogen) atoms. The van der Waals surface area contributed by atoms with Crippen LogP contribution < -0.4 is 14.4 Å². The van der Waals surface area contributed by atoms with Crippen LogP contribution in [-0.2, 0) is 14.8 Å². The molecule has 8 heteroatoms. The molecule has 154 valence electrons. The predicted octanol–water partition coefficient (Wildman–Crippen LogP) is 4.04. The van der Waals surface area contributed by atoms with Crippen LogP contribution in [0.3, 0.4) is 0 Å². The zero-order chi connectivity index (χ0) is 21.3. The maximum Gasteiger partial charge on any atom is 0.265 e. The van der Waals surface area contributed by atoms with Gasteiger partial charge in [0.1, 0.15) is 18.1 Å². The van der Waals surface area contributed by atoms with Gasteiger partial charge in [0.2, 0.25) is 5.91 Å². The molecule has 1 N–H and O–H groups in total. The fraction of sp³-hybridized carbons (Fsp3) is 0.136. The summed E-state index contributed by atoms with van der Waals surface area (Å²) in [6.07, 6.45) is 0. The summed E-state index contributed by atoms with van der Waals surface area (Å²) in [6, 6.07) is 17.1. The molecular weight excluding hydrogens is 407 g/mol. The summed E-state index contributed by atoms with van der Waals surface area (Å²) in [5.74, 6) is -0.541. The monoisotopic (exact) mass is 426 g/mol. The molecule has 0 spiro atoms. The lowest BCUT2D eigenvalue weighted by Crippen LogP contribution is -2.40. The number of nitrogens with zero attached hydrogens (tertiary/aromatic N) is 1. The summed E-state index contributed by atoms with van der Waals surface area (Å²) in [4.78, 5) is 12.8. The molecule has 0 fully saturated rings. The first-order valence-corrected chi connectivity index (χ1v) is 10.8. The fourth-order valence-electron chi connectivity index (χ4n) is 3.45. The summed E-state index contributed by atoms with van der Waals surface area (Å²) in [5.41, 5.74) is 1.52. The molecule has 1 aliphatic rings. The molecule has 0 saturated heterocycles. The molecule has 0 unspecified atom stereocenters. The highest BCUT2D eigenvalue weighted by molar-refractivity contribution is 7.93. The first-order chi connectivity index (χ1) is 14.4. The number of para-hydroxylation sites is 2. The Kier molecular flexibility index (Phi) is 5.17. The molecule has 0 atom stereocenters. The Morgan fingerprint density at radius 1 is 1.03 bits per heavy atom. The Balaban J connectivity index is 1.70. The third kappa shape index (κ3) is 3.50. The number of hydrogen-bond donors (Lipinski definition) is 1. The number of benzene rings is 3. The van der Waals surface area contributed by atoms with Crippen LogP contribution in [0.4, 0.5) is 15.8 Å². The van der Waals surface area contributed by atoms with E-state index in [1.54, 1.807) is 42.5 Å². The number of amides is 1. The molecule has 6 nitrogen and oxygen atoms in total. The highest BCUT2D eigenvalue weighted by Gasteiger charge is 2.36. The van der Waals surface area contributed by atoms with Gasteiger partial charge in [0.15, 0.2) is 0 Å². The van der Waals surface area contributed by atoms with E-state index in [0.29, 0.717) is 29.2 Å². The van der Waals surface area contributed by atoms with Crippen molar-refractivity contribution in [1.29, 1.82) is 0 Å². The number of carbonyl (C=O) groups is 1. The van der Waals surface area contributed by atoms with Crippen molar-refractivity contribution in [3.63, 3.8) is 0 Å². The molecule has 1 heterocycles. The van der Waals surface area contributed by atoms with Crippen LogP contribution in [0.1, 0.15) is 6.92 Å². The van der Waals surface area contributed by atoms with Gasteiger partial charge < -0.3 is 10.1 Å². The summed E-state index contributed by atoms with van der Waals surface area (Å²) in [6.45, 7) is 1.78. The number of rotatable bonds is 5. The molecular formula is C22H19FN2O4S. The van der Waals surface area contributed by atoms with Crippen molar-refractivity contribution in [3.05, 3.63) is 72.5 Å². The van der Waals surface area contributed by atoms with Crippen LogP contribution in [-0.4, -0.2) is 27.5 Å². The number of ether oxygens (including phenoxy) is 1. The van der Waals surface area contributed by atoms with Gasteiger partial charge >= 0.3 is 0 Å². The third-order valence-corrected chi connectivity index (χ3v) is 6.54. The van der Waals surface area contributed by atoms with Crippen molar-refractivity contribution < 1.29 is 22.3 Å². The molecule has 0 aliphatic carbocycles. The van der Waals surface area contributed by atoms with E-state index in [1.807, 2.05) is 6.92 Å². The lowest BCUT2D eigenvalue weighted by Gasteiger charge is -2.31. The second-order valence-corrected chi connectivity index (χ2v) is 8.48. The first kappa shape index (κ1) is 19.9. The van der Waals surface area contributed by atoms with Crippen molar-refractivity contribution >= 4 is 27.3 Å². The van der Waals surface area contributed by atoms with Crippen molar-refractivity contribution in [2.24, 2.45) is 0 Å². The lowest BCUT2D eigenvalue weighted by molar-refractivity contribution is -0.114. The van der Waals surface area contributed by atoms with Gasteiger partial charge in [-0.2, -0.15) is 0 Å². The number of hydrogen-bond acceptors (Lipinski definition) is 4. The number of nitrogens with one attached hydrogen (secondary N) is 1. The molecule has 1 amide bonds. The van der Waals surface area contributed by atoms with Gasteiger partial charge in [-0.3, -0.25) is 9.10 Å². The Bertz CT molecular complexity index is 1230. The van der Waals surface area contributed by atoms with E-state index in [0.717, 1.165) is 4.31 Å². The third-order valence-electron chi connectivity index (χ3n) is 4.72. The summed E-state index contributed by atoms with van der Waals surface area (Å²) in [7, 11) is -4.00. The summed E-state index contributed by atoms with van der Waals surface area (Å²) < 4.78 is 46.9. The topological polar surface area (TPSA) is 75.7 Å². The normalized spacial score (nSPS) is 13.9. The van der Waals surface area contributed by atoms with Crippen LogP contribution in [0.2, 0.25) is 0 Å². The fourth-order valence-corrected chi connectivity index (χ4v) is 5.09.